The van der Waals surface area contributed by atoms with E-state index < -0.39 is 5.60 Å². The van der Waals surface area contributed by atoms with E-state index in [1.165, 1.54) is 5.56 Å². The van der Waals surface area contributed by atoms with E-state index in [9.17, 15) is 5.11 Å². The summed E-state index contributed by atoms with van der Waals surface area (Å²) >= 11 is 0. The topological polar surface area (TPSA) is 20.2 Å². The standard InChI is InChI=1S/C17H20O/c1-12-7-5-9-15(11-12)17(4,18)16-10-6-8-13(2)14(16)3/h5-11,18H,1-4H3. The lowest BCUT2D eigenvalue weighted by molar-refractivity contribution is 0.101. The van der Waals surface area contributed by atoms with Crippen molar-refractivity contribution in [2.45, 2.75) is 33.3 Å². The molecule has 0 saturated carbocycles. The molecule has 0 spiro atoms. The van der Waals surface area contributed by atoms with Gasteiger partial charge in [0, 0.05) is 0 Å². The highest BCUT2D eigenvalue weighted by atomic mass is 16.3. The second-order valence-electron chi connectivity index (χ2n) is 5.19. The highest BCUT2D eigenvalue weighted by Gasteiger charge is 2.27. The van der Waals surface area contributed by atoms with Gasteiger partial charge in [-0.1, -0.05) is 48.0 Å². The Balaban J connectivity index is 2.57. The first-order valence-corrected chi connectivity index (χ1v) is 6.29. The van der Waals surface area contributed by atoms with Crippen LogP contribution in [0.2, 0.25) is 0 Å². The van der Waals surface area contributed by atoms with Crippen molar-refractivity contribution in [3.8, 4) is 0 Å². The molecular formula is C17H20O. The Bertz CT molecular complexity index is 568. The lowest BCUT2D eigenvalue weighted by atomic mass is 9.84. The zero-order valence-electron chi connectivity index (χ0n) is 11.5. The molecule has 0 aliphatic carbocycles. The van der Waals surface area contributed by atoms with E-state index in [2.05, 4.69) is 19.9 Å². The molecule has 0 bridgehead atoms. The van der Waals surface area contributed by atoms with E-state index in [0.717, 1.165) is 22.3 Å². The van der Waals surface area contributed by atoms with Crippen LogP contribution in [0.4, 0.5) is 0 Å². The van der Waals surface area contributed by atoms with Crippen LogP contribution in [0.3, 0.4) is 0 Å². The van der Waals surface area contributed by atoms with Gasteiger partial charge >= 0.3 is 0 Å². The zero-order valence-corrected chi connectivity index (χ0v) is 11.5. The van der Waals surface area contributed by atoms with Crippen LogP contribution < -0.4 is 0 Å². The van der Waals surface area contributed by atoms with Crippen molar-refractivity contribution in [3.63, 3.8) is 0 Å². The van der Waals surface area contributed by atoms with Gasteiger partial charge in [0.15, 0.2) is 0 Å². The van der Waals surface area contributed by atoms with Gasteiger partial charge in [-0.2, -0.15) is 0 Å². The van der Waals surface area contributed by atoms with Gasteiger partial charge in [-0.05, 0) is 49.9 Å². The molecule has 1 heteroatoms. The molecule has 0 fully saturated rings. The summed E-state index contributed by atoms with van der Waals surface area (Å²) in [6, 6.07) is 14.1. The fraction of sp³-hybridized carbons (Fsp3) is 0.294. The Morgan fingerprint density at radius 2 is 1.61 bits per heavy atom. The van der Waals surface area contributed by atoms with E-state index in [1.807, 2.05) is 50.2 Å². The number of aryl methyl sites for hydroxylation is 2. The Kier molecular flexibility index (Phi) is 3.27. The fourth-order valence-electron chi connectivity index (χ4n) is 2.38. The first-order valence-electron chi connectivity index (χ1n) is 6.29. The van der Waals surface area contributed by atoms with Crippen LogP contribution in [0, 0.1) is 20.8 Å². The van der Waals surface area contributed by atoms with Crippen LogP contribution in [0.15, 0.2) is 42.5 Å². The van der Waals surface area contributed by atoms with Crippen molar-refractivity contribution in [2.24, 2.45) is 0 Å². The summed E-state index contributed by atoms with van der Waals surface area (Å²) in [6.07, 6.45) is 0. The summed E-state index contributed by atoms with van der Waals surface area (Å²) in [7, 11) is 0. The van der Waals surface area contributed by atoms with Crippen molar-refractivity contribution >= 4 is 0 Å². The summed E-state index contributed by atoms with van der Waals surface area (Å²) in [5.41, 5.74) is 4.51. The van der Waals surface area contributed by atoms with Crippen LogP contribution in [-0.4, -0.2) is 5.11 Å². The molecule has 0 aliphatic rings. The molecule has 0 aromatic heterocycles. The Labute approximate surface area is 109 Å². The normalized spacial score (nSPS) is 14.3. The molecule has 0 amide bonds. The maximum absolute atomic E-state index is 10.9. The second kappa shape index (κ2) is 4.58. The molecule has 94 valence electrons. The van der Waals surface area contributed by atoms with Crippen molar-refractivity contribution in [2.75, 3.05) is 0 Å². The average molecular weight is 240 g/mol. The Morgan fingerprint density at radius 1 is 0.944 bits per heavy atom. The third-order valence-corrected chi connectivity index (χ3v) is 3.71. The Morgan fingerprint density at radius 3 is 2.28 bits per heavy atom. The molecule has 18 heavy (non-hydrogen) atoms. The van der Waals surface area contributed by atoms with Gasteiger partial charge in [-0.3, -0.25) is 0 Å². The van der Waals surface area contributed by atoms with Crippen molar-refractivity contribution < 1.29 is 5.11 Å². The van der Waals surface area contributed by atoms with E-state index in [4.69, 9.17) is 0 Å². The summed E-state index contributed by atoms with van der Waals surface area (Å²) in [5.74, 6) is 0. The van der Waals surface area contributed by atoms with Gasteiger partial charge in [-0.15, -0.1) is 0 Å². The molecule has 0 heterocycles. The quantitative estimate of drug-likeness (QED) is 0.845. The SMILES string of the molecule is Cc1cccc(C(C)(O)c2cccc(C)c2C)c1. The Hall–Kier alpha value is -1.60. The summed E-state index contributed by atoms with van der Waals surface area (Å²) in [6.45, 7) is 8.05. The third kappa shape index (κ3) is 2.19. The highest BCUT2D eigenvalue weighted by Crippen LogP contribution is 2.32. The van der Waals surface area contributed by atoms with Crippen molar-refractivity contribution in [1.29, 1.82) is 0 Å². The molecule has 0 radical (unpaired) electrons. The number of aliphatic hydroxyl groups is 1. The number of rotatable bonds is 2. The molecule has 1 nitrogen and oxygen atoms in total. The van der Waals surface area contributed by atoms with E-state index in [0.29, 0.717) is 0 Å². The first-order chi connectivity index (χ1) is 8.43. The lowest BCUT2D eigenvalue weighted by Crippen LogP contribution is -2.24. The predicted octanol–water partition coefficient (Wildman–Crippen LogP) is 3.87. The molecule has 2 aromatic rings. The lowest BCUT2D eigenvalue weighted by Gasteiger charge is -2.27. The van der Waals surface area contributed by atoms with Crippen LogP contribution in [-0.2, 0) is 5.60 Å². The summed E-state index contributed by atoms with van der Waals surface area (Å²) in [5, 5.41) is 10.9. The minimum absolute atomic E-state index is 0.941. The van der Waals surface area contributed by atoms with Crippen LogP contribution >= 0.6 is 0 Å². The van der Waals surface area contributed by atoms with Crippen LogP contribution in [0.25, 0.3) is 0 Å². The maximum atomic E-state index is 10.9. The molecular weight excluding hydrogens is 220 g/mol. The molecule has 2 aromatic carbocycles. The molecule has 2 rings (SSSR count). The minimum Gasteiger partial charge on any atom is -0.381 e. The van der Waals surface area contributed by atoms with Gasteiger partial charge in [0.1, 0.15) is 5.60 Å². The monoisotopic (exact) mass is 240 g/mol. The largest absolute Gasteiger partial charge is 0.381 e. The van der Waals surface area contributed by atoms with Crippen molar-refractivity contribution in [3.05, 3.63) is 70.3 Å². The fourth-order valence-corrected chi connectivity index (χ4v) is 2.38. The molecule has 1 N–H and O–H groups in total. The molecule has 0 saturated heterocycles. The maximum Gasteiger partial charge on any atom is 0.112 e. The van der Waals surface area contributed by atoms with Gasteiger partial charge in [0.25, 0.3) is 0 Å². The number of hydrogen-bond acceptors (Lipinski definition) is 1. The highest BCUT2D eigenvalue weighted by molar-refractivity contribution is 5.43. The smallest absolute Gasteiger partial charge is 0.112 e. The van der Waals surface area contributed by atoms with Gasteiger partial charge in [-0.25, -0.2) is 0 Å². The average Bonchev–Trinajstić information content (AvgIpc) is 2.32. The van der Waals surface area contributed by atoms with E-state index in [-0.39, 0.29) is 0 Å². The number of hydrogen-bond donors (Lipinski definition) is 1. The first kappa shape index (κ1) is 12.8. The second-order valence-corrected chi connectivity index (χ2v) is 5.19. The van der Waals surface area contributed by atoms with E-state index >= 15 is 0 Å². The molecule has 1 atom stereocenters. The van der Waals surface area contributed by atoms with E-state index in [1.54, 1.807) is 0 Å². The molecule has 0 aliphatic heterocycles. The van der Waals surface area contributed by atoms with Crippen molar-refractivity contribution in [1.82, 2.24) is 0 Å². The zero-order chi connectivity index (χ0) is 13.3. The summed E-state index contributed by atoms with van der Waals surface area (Å²) in [4.78, 5) is 0. The van der Waals surface area contributed by atoms with Gasteiger partial charge < -0.3 is 5.11 Å². The molecule has 1 unspecified atom stereocenters. The van der Waals surface area contributed by atoms with Gasteiger partial charge in [0.2, 0.25) is 0 Å². The number of benzene rings is 2. The van der Waals surface area contributed by atoms with Crippen LogP contribution in [0.1, 0.15) is 34.7 Å². The predicted molar refractivity (Wildman–Crippen MR) is 75.8 cm³/mol. The van der Waals surface area contributed by atoms with Crippen LogP contribution in [0.5, 0.6) is 0 Å². The summed E-state index contributed by atoms with van der Waals surface area (Å²) < 4.78 is 0. The minimum atomic E-state index is -0.942. The third-order valence-electron chi connectivity index (χ3n) is 3.71. The van der Waals surface area contributed by atoms with Gasteiger partial charge in [0.05, 0.1) is 0 Å².